The Hall–Kier alpha value is 3.86. The first kappa shape index (κ1) is 45.5. The Morgan fingerprint density at radius 3 is 0.783 bits per heavy atom. The molecule has 0 spiro atoms. The monoisotopic (exact) mass is 446 g/mol. The third-order valence-corrected chi connectivity index (χ3v) is 2.01. The maximum absolute atomic E-state index is 8.55. The van der Waals surface area contributed by atoms with Crippen LogP contribution in [0, 0.1) is 0 Å². The van der Waals surface area contributed by atoms with Gasteiger partial charge in [-0.2, -0.15) is 7.82 Å². The van der Waals surface area contributed by atoms with Crippen LogP contribution < -0.4 is 103 Å². The number of halogens is 3. The third kappa shape index (κ3) is 151. The molecule has 0 aromatic heterocycles. The number of aliphatic hydroxyl groups excluding tert-OH is 3. The summed E-state index contributed by atoms with van der Waals surface area (Å²) >= 11 is 15.3. The van der Waals surface area contributed by atoms with Gasteiger partial charge in [0.15, 0.2) is 0 Å². The molecule has 128 valence electrons. The van der Waals surface area contributed by atoms with Gasteiger partial charge in [0.25, 0.3) is 0 Å². The second-order valence-corrected chi connectivity index (χ2v) is 5.28. The number of phosphoric acid groups is 1. The summed E-state index contributed by atoms with van der Waals surface area (Å²) in [5, 5.41) is 24.7. The molecule has 14 heteroatoms. The van der Waals surface area contributed by atoms with E-state index in [1.807, 2.05) is 0 Å². The minimum atomic E-state index is -5.39. The van der Waals surface area contributed by atoms with E-state index in [4.69, 9.17) is 69.4 Å². The van der Waals surface area contributed by atoms with Gasteiger partial charge in [-0.15, -0.1) is 34.8 Å². The first-order chi connectivity index (χ1) is 8.81. The SMILES string of the molecule is CC(O)CCl.CC(O)CCl.CC(O)CCl.O=P([O-])([O-])[O-].[Na+].[Na+].[Na+]. The van der Waals surface area contributed by atoms with E-state index in [2.05, 4.69) is 0 Å². The molecule has 0 aliphatic heterocycles. The van der Waals surface area contributed by atoms with Crippen LogP contribution in [0.15, 0.2) is 0 Å². The summed E-state index contributed by atoms with van der Waals surface area (Å²) in [6.07, 6.45) is -1.05. The molecule has 3 unspecified atom stereocenters. The van der Waals surface area contributed by atoms with E-state index in [0.29, 0.717) is 17.6 Å². The van der Waals surface area contributed by atoms with Gasteiger partial charge >= 0.3 is 88.7 Å². The molecule has 0 radical (unpaired) electrons. The van der Waals surface area contributed by atoms with Gasteiger partial charge < -0.3 is 34.6 Å². The van der Waals surface area contributed by atoms with Crippen LogP contribution in [0.2, 0.25) is 0 Å². The summed E-state index contributed by atoms with van der Waals surface area (Å²) in [6.45, 7) is 4.94. The topological polar surface area (TPSA) is 147 Å². The van der Waals surface area contributed by atoms with Crippen molar-refractivity contribution in [2.24, 2.45) is 0 Å². The predicted molar refractivity (Wildman–Crippen MR) is 74.8 cm³/mol. The van der Waals surface area contributed by atoms with Crippen molar-refractivity contribution in [3.8, 4) is 0 Å². The average Bonchev–Trinajstić information content (AvgIpc) is 2.28. The molecular formula is C9H21Cl3Na3O7P. The van der Waals surface area contributed by atoms with Gasteiger partial charge in [-0.1, -0.05) is 0 Å². The van der Waals surface area contributed by atoms with Crippen LogP contribution in [0.5, 0.6) is 0 Å². The molecule has 0 aromatic carbocycles. The molecule has 0 rings (SSSR count). The van der Waals surface area contributed by atoms with Crippen LogP contribution in [0.4, 0.5) is 0 Å². The van der Waals surface area contributed by atoms with Crippen LogP contribution in [-0.4, -0.2) is 51.3 Å². The Morgan fingerprint density at radius 2 is 0.783 bits per heavy atom. The van der Waals surface area contributed by atoms with Gasteiger partial charge in [-0.3, -0.25) is 0 Å². The standard InChI is InChI=1S/3C3H7ClO.3Na.H3O4P/c3*1-3(5)2-4;;;;1-5(2,3)4/h3*3,5H,2H2,1H3;;;;(H3,1,2,3,4)/q;;;3*+1;/p-3. The maximum Gasteiger partial charge on any atom is 1.00 e. The van der Waals surface area contributed by atoms with E-state index >= 15 is 0 Å². The van der Waals surface area contributed by atoms with Gasteiger partial charge in [0.05, 0.1) is 18.3 Å². The Morgan fingerprint density at radius 1 is 0.739 bits per heavy atom. The molecule has 23 heavy (non-hydrogen) atoms. The zero-order valence-electron chi connectivity index (χ0n) is 14.4. The molecular weight excluding hydrogens is 426 g/mol. The van der Waals surface area contributed by atoms with Crippen molar-refractivity contribution in [3.63, 3.8) is 0 Å². The van der Waals surface area contributed by atoms with Crippen LogP contribution in [-0.2, 0) is 4.57 Å². The fraction of sp³-hybridized carbons (Fsp3) is 1.00. The van der Waals surface area contributed by atoms with Crippen molar-refractivity contribution in [2.45, 2.75) is 39.1 Å². The Labute approximate surface area is 219 Å². The summed E-state index contributed by atoms with van der Waals surface area (Å²) < 4.78 is 8.55. The number of hydrogen-bond acceptors (Lipinski definition) is 7. The van der Waals surface area contributed by atoms with E-state index < -0.39 is 7.82 Å². The van der Waals surface area contributed by atoms with Crippen molar-refractivity contribution in [3.05, 3.63) is 0 Å². The van der Waals surface area contributed by atoms with Crippen LogP contribution in [0.3, 0.4) is 0 Å². The zero-order chi connectivity index (χ0) is 17.4. The normalized spacial score (nSPS) is 12.3. The quantitative estimate of drug-likeness (QED) is 0.221. The Bertz CT molecular complexity index is 197. The molecule has 0 aliphatic rings. The summed E-state index contributed by atoms with van der Waals surface area (Å²) in [6, 6.07) is 0. The van der Waals surface area contributed by atoms with E-state index in [9.17, 15) is 0 Å². The van der Waals surface area contributed by atoms with Gasteiger partial charge in [0, 0.05) is 17.6 Å². The Balaban J connectivity index is -0.0000000284. The molecule has 0 aliphatic carbocycles. The molecule has 0 bridgehead atoms. The maximum atomic E-state index is 8.55. The number of hydrogen-bond donors (Lipinski definition) is 3. The van der Waals surface area contributed by atoms with E-state index in [0.717, 1.165) is 0 Å². The van der Waals surface area contributed by atoms with Crippen molar-refractivity contribution < 1.29 is 123 Å². The molecule has 0 heterocycles. The van der Waals surface area contributed by atoms with Crippen molar-refractivity contribution in [1.29, 1.82) is 0 Å². The number of alkyl halides is 3. The van der Waals surface area contributed by atoms with E-state index in [-0.39, 0.29) is 107 Å². The second-order valence-electron chi connectivity index (χ2n) is 3.46. The number of aliphatic hydroxyl groups is 3. The summed E-state index contributed by atoms with van der Waals surface area (Å²) in [5.74, 6) is 1.00. The summed E-state index contributed by atoms with van der Waals surface area (Å²) in [4.78, 5) is 25.6. The molecule has 0 amide bonds. The third-order valence-electron chi connectivity index (χ3n) is 0.670. The molecule has 7 nitrogen and oxygen atoms in total. The molecule has 0 saturated carbocycles. The molecule has 0 saturated heterocycles. The first-order valence-corrected chi connectivity index (χ1v) is 8.33. The minimum absolute atomic E-state index is 0. The predicted octanol–water partition coefficient (Wildman–Crippen LogP) is -9.99. The minimum Gasteiger partial charge on any atom is -0.822 e. The van der Waals surface area contributed by atoms with Crippen molar-refractivity contribution >= 4 is 42.6 Å². The van der Waals surface area contributed by atoms with Gasteiger partial charge in [0.2, 0.25) is 0 Å². The molecule has 0 aromatic rings. The zero-order valence-corrected chi connectivity index (χ0v) is 23.6. The largest absolute Gasteiger partial charge is 1.00 e. The summed E-state index contributed by atoms with van der Waals surface area (Å²) in [7, 11) is -5.39. The summed E-state index contributed by atoms with van der Waals surface area (Å²) in [5.41, 5.74) is 0. The smallest absolute Gasteiger partial charge is 0.822 e. The van der Waals surface area contributed by atoms with E-state index in [1.165, 1.54) is 0 Å². The fourth-order valence-electron chi connectivity index (χ4n) is 0. The van der Waals surface area contributed by atoms with Crippen molar-refractivity contribution in [1.82, 2.24) is 0 Å². The van der Waals surface area contributed by atoms with Crippen LogP contribution in [0.25, 0.3) is 0 Å². The van der Waals surface area contributed by atoms with E-state index in [1.54, 1.807) is 20.8 Å². The van der Waals surface area contributed by atoms with Crippen molar-refractivity contribution in [2.75, 3.05) is 17.6 Å². The molecule has 3 atom stereocenters. The fourth-order valence-corrected chi connectivity index (χ4v) is 0. The first-order valence-electron chi connectivity index (χ1n) is 5.26. The Kier molecular flexibility index (Phi) is 66.2. The van der Waals surface area contributed by atoms with Gasteiger partial charge in [-0.05, 0) is 20.8 Å². The number of rotatable bonds is 3. The van der Waals surface area contributed by atoms with Gasteiger partial charge in [0.1, 0.15) is 0 Å². The molecule has 0 fully saturated rings. The average molecular weight is 448 g/mol. The van der Waals surface area contributed by atoms with Crippen LogP contribution in [0.1, 0.15) is 20.8 Å². The molecule has 3 N–H and O–H groups in total. The second kappa shape index (κ2) is 33.4. The van der Waals surface area contributed by atoms with Gasteiger partial charge in [-0.25, -0.2) is 0 Å². The van der Waals surface area contributed by atoms with Crippen LogP contribution >= 0.6 is 42.6 Å².